The van der Waals surface area contributed by atoms with Crippen molar-refractivity contribution in [3.8, 4) is 6.07 Å². The summed E-state index contributed by atoms with van der Waals surface area (Å²) in [7, 11) is 0. The molecule has 18 heavy (non-hydrogen) atoms. The molecule has 0 atom stereocenters. The van der Waals surface area contributed by atoms with Crippen molar-refractivity contribution >= 4 is 0 Å². The minimum absolute atomic E-state index is 0.368. The maximum atomic E-state index is 8.75. The summed E-state index contributed by atoms with van der Waals surface area (Å²) in [5, 5.41) is 16.7. The van der Waals surface area contributed by atoms with E-state index in [1.165, 1.54) is 0 Å². The zero-order valence-corrected chi connectivity index (χ0v) is 10.1. The fourth-order valence-electron chi connectivity index (χ4n) is 2.15. The van der Waals surface area contributed by atoms with Crippen LogP contribution in [0.3, 0.4) is 0 Å². The molecule has 0 radical (unpaired) electrons. The van der Waals surface area contributed by atoms with Gasteiger partial charge in [0.15, 0.2) is 0 Å². The van der Waals surface area contributed by atoms with Crippen molar-refractivity contribution in [2.45, 2.75) is 19.5 Å². The highest BCUT2D eigenvalue weighted by molar-refractivity contribution is 5.22. The molecule has 3 rings (SSSR count). The average Bonchev–Trinajstić information content (AvgIpc) is 2.92. The van der Waals surface area contributed by atoms with Crippen LogP contribution in [0.1, 0.15) is 22.9 Å². The van der Waals surface area contributed by atoms with Gasteiger partial charge in [-0.15, -0.1) is 0 Å². The van der Waals surface area contributed by atoms with E-state index in [1.807, 2.05) is 11.6 Å². The lowest BCUT2D eigenvalue weighted by atomic mass is 10.1. The molecule has 6 heteroatoms. The standard InChI is InChI=1S/C12H13N5O/c1-9-11(4-15-18-9)6-16-7-12(8-16)17-5-10(2-13)3-14-17/h3-5,12H,6-8H2,1H3. The van der Waals surface area contributed by atoms with Crippen LogP contribution < -0.4 is 0 Å². The van der Waals surface area contributed by atoms with E-state index in [1.54, 1.807) is 18.6 Å². The first-order chi connectivity index (χ1) is 8.76. The van der Waals surface area contributed by atoms with Crippen molar-refractivity contribution in [1.29, 1.82) is 5.26 Å². The van der Waals surface area contributed by atoms with Gasteiger partial charge in [0.1, 0.15) is 11.8 Å². The van der Waals surface area contributed by atoms with Gasteiger partial charge in [0.25, 0.3) is 0 Å². The Hall–Kier alpha value is -2.13. The van der Waals surface area contributed by atoms with Gasteiger partial charge >= 0.3 is 0 Å². The predicted molar refractivity (Wildman–Crippen MR) is 62.5 cm³/mol. The Balaban J connectivity index is 1.57. The van der Waals surface area contributed by atoms with E-state index >= 15 is 0 Å². The molecule has 2 aromatic rings. The third-order valence-electron chi connectivity index (χ3n) is 3.29. The highest BCUT2D eigenvalue weighted by Crippen LogP contribution is 2.23. The topological polar surface area (TPSA) is 70.9 Å². The zero-order chi connectivity index (χ0) is 12.5. The molecule has 0 N–H and O–H groups in total. The van der Waals surface area contributed by atoms with Crippen LogP contribution in [-0.2, 0) is 6.54 Å². The fourth-order valence-corrected chi connectivity index (χ4v) is 2.15. The summed E-state index contributed by atoms with van der Waals surface area (Å²) >= 11 is 0. The summed E-state index contributed by atoms with van der Waals surface area (Å²) in [4.78, 5) is 2.30. The molecule has 92 valence electrons. The predicted octanol–water partition coefficient (Wildman–Crippen LogP) is 1.11. The highest BCUT2D eigenvalue weighted by atomic mass is 16.5. The molecule has 0 aliphatic carbocycles. The Labute approximate surface area is 104 Å². The smallest absolute Gasteiger partial charge is 0.138 e. The molecule has 1 aliphatic rings. The summed E-state index contributed by atoms with van der Waals surface area (Å²) in [6.07, 6.45) is 5.17. The molecule has 1 saturated heterocycles. The van der Waals surface area contributed by atoms with Crippen LogP contribution in [0.2, 0.25) is 0 Å². The summed E-state index contributed by atoms with van der Waals surface area (Å²) in [6, 6.07) is 2.46. The Morgan fingerprint density at radius 1 is 1.50 bits per heavy atom. The Bertz CT molecular complexity index is 588. The van der Waals surface area contributed by atoms with Crippen LogP contribution in [0, 0.1) is 18.3 Å². The number of hydrogen-bond acceptors (Lipinski definition) is 5. The lowest BCUT2D eigenvalue weighted by molar-refractivity contribution is 0.0904. The minimum atomic E-state index is 0.368. The largest absolute Gasteiger partial charge is 0.361 e. The van der Waals surface area contributed by atoms with Crippen molar-refractivity contribution < 1.29 is 4.52 Å². The number of hydrogen-bond donors (Lipinski definition) is 0. The van der Waals surface area contributed by atoms with Gasteiger partial charge in [-0.1, -0.05) is 5.16 Å². The Morgan fingerprint density at radius 2 is 2.33 bits per heavy atom. The van der Waals surface area contributed by atoms with Gasteiger partial charge in [-0.25, -0.2) is 0 Å². The van der Waals surface area contributed by atoms with Crippen molar-refractivity contribution in [3.05, 3.63) is 35.5 Å². The van der Waals surface area contributed by atoms with Gasteiger partial charge < -0.3 is 4.52 Å². The van der Waals surface area contributed by atoms with Crippen molar-refractivity contribution in [2.75, 3.05) is 13.1 Å². The molecule has 2 aromatic heterocycles. The first-order valence-corrected chi connectivity index (χ1v) is 5.83. The van der Waals surface area contributed by atoms with Crippen LogP contribution in [0.5, 0.6) is 0 Å². The van der Waals surface area contributed by atoms with Gasteiger partial charge in [0.2, 0.25) is 0 Å². The second-order valence-corrected chi connectivity index (χ2v) is 4.58. The number of likely N-dealkylation sites (tertiary alicyclic amines) is 1. The quantitative estimate of drug-likeness (QED) is 0.807. The maximum absolute atomic E-state index is 8.75. The molecule has 0 amide bonds. The zero-order valence-electron chi connectivity index (χ0n) is 10.1. The van der Waals surface area contributed by atoms with E-state index in [4.69, 9.17) is 9.78 Å². The molecule has 1 aliphatic heterocycles. The van der Waals surface area contributed by atoms with Gasteiger partial charge in [0.05, 0.1) is 24.0 Å². The second kappa shape index (κ2) is 4.27. The Kier molecular flexibility index (Phi) is 2.61. The van der Waals surface area contributed by atoms with Crippen molar-refractivity contribution in [1.82, 2.24) is 19.8 Å². The molecule has 1 fully saturated rings. The fraction of sp³-hybridized carbons (Fsp3) is 0.417. The number of nitrogens with zero attached hydrogens (tertiary/aromatic N) is 5. The second-order valence-electron chi connectivity index (χ2n) is 4.58. The van der Waals surface area contributed by atoms with E-state index in [2.05, 4.69) is 21.2 Å². The molecular formula is C12H13N5O. The highest BCUT2D eigenvalue weighted by Gasteiger charge is 2.29. The van der Waals surface area contributed by atoms with Gasteiger partial charge in [-0.3, -0.25) is 9.58 Å². The molecule has 3 heterocycles. The number of rotatable bonds is 3. The minimum Gasteiger partial charge on any atom is -0.361 e. The molecule has 0 aromatic carbocycles. The van der Waals surface area contributed by atoms with Gasteiger partial charge in [-0.05, 0) is 6.92 Å². The molecule has 0 unspecified atom stereocenters. The summed E-state index contributed by atoms with van der Waals surface area (Å²) < 4.78 is 6.90. The normalized spacial score (nSPS) is 16.4. The number of aromatic nitrogens is 3. The molecule has 6 nitrogen and oxygen atoms in total. The SMILES string of the molecule is Cc1oncc1CN1CC(n2cc(C#N)cn2)C1. The first-order valence-electron chi connectivity index (χ1n) is 5.83. The lowest BCUT2D eigenvalue weighted by Crippen LogP contribution is -2.47. The molecule has 0 spiro atoms. The first kappa shape index (κ1) is 11.0. The number of nitriles is 1. The maximum Gasteiger partial charge on any atom is 0.138 e. The molecule has 0 bridgehead atoms. The van der Waals surface area contributed by atoms with Gasteiger partial charge in [-0.2, -0.15) is 10.4 Å². The van der Waals surface area contributed by atoms with E-state index in [9.17, 15) is 0 Å². The average molecular weight is 243 g/mol. The third kappa shape index (κ3) is 1.89. The monoisotopic (exact) mass is 243 g/mol. The summed E-state index contributed by atoms with van der Waals surface area (Å²) in [6.45, 7) is 4.67. The molecule has 0 saturated carbocycles. The lowest BCUT2D eigenvalue weighted by Gasteiger charge is -2.38. The Morgan fingerprint density at radius 3 is 2.94 bits per heavy atom. The summed E-state index contributed by atoms with van der Waals surface area (Å²) in [5.74, 6) is 0.879. The van der Waals surface area contributed by atoms with Crippen LogP contribution in [0.25, 0.3) is 0 Å². The third-order valence-corrected chi connectivity index (χ3v) is 3.29. The van der Waals surface area contributed by atoms with Crippen LogP contribution in [0.4, 0.5) is 0 Å². The van der Waals surface area contributed by atoms with Crippen LogP contribution in [-0.4, -0.2) is 32.9 Å². The van der Waals surface area contributed by atoms with E-state index in [-0.39, 0.29) is 0 Å². The van der Waals surface area contributed by atoms with Crippen LogP contribution in [0.15, 0.2) is 23.1 Å². The van der Waals surface area contributed by atoms with E-state index in [0.717, 1.165) is 31.0 Å². The van der Waals surface area contributed by atoms with Crippen molar-refractivity contribution in [3.63, 3.8) is 0 Å². The van der Waals surface area contributed by atoms with Crippen molar-refractivity contribution in [2.24, 2.45) is 0 Å². The number of aryl methyl sites for hydroxylation is 1. The summed E-state index contributed by atoms with van der Waals surface area (Å²) in [5.41, 5.74) is 1.75. The van der Waals surface area contributed by atoms with Crippen LogP contribution >= 0.6 is 0 Å². The van der Waals surface area contributed by atoms with E-state index < -0.39 is 0 Å². The van der Waals surface area contributed by atoms with Gasteiger partial charge in [0, 0.05) is 31.4 Å². The van der Waals surface area contributed by atoms with E-state index in [0.29, 0.717) is 11.6 Å². The molecular weight excluding hydrogens is 230 g/mol.